The van der Waals surface area contributed by atoms with Crippen molar-refractivity contribution in [1.29, 1.82) is 0 Å². The topological polar surface area (TPSA) is 86.6 Å². The number of hydrogen-bond acceptors (Lipinski definition) is 3. The van der Waals surface area contributed by atoms with Gasteiger partial charge in [0.15, 0.2) is 5.92 Å². The minimum absolute atomic E-state index is 0.366. The summed E-state index contributed by atoms with van der Waals surface area (Å²) >= 11 is 0. The van der Waals surface area contributed by atoms with Gasteiger partial charge < -0.3 is 15.5 Å². The maximum absolute atomic E-state index is 10.2. The van der Waals surface area contributed by atoms with E-state index in [4.69, 9.17) is 10.2 Å². The summed E-state index contributed by atoms with van der Waals surface area (Å²) in [7, 11) is 1.91. The van der Waals surface area contributed by atoms with Crippen LogP contribution >= 0.6 is 0 Å². The van der Waals surface area contributed by atoms with Crippen molar-refractivity contribution >= 4 is 17.6 Å². The van der Waals surface area contributed by atoms with Crippen molar-refractivity contribution in [3.63, 3.8) is 0 Å². The molecule has 0 aliphatic carbocycles. The molecule has 5 heteroatoms. The predicted octanol–water partition coefficient (Wildman–Crippen LogP) is 2.16. The third kappa shape index (κ3) is 5.89. The van der Waals surface area contributed by atoms with Crippen molar-refractivity contribution < 1.29 is 19.8 Å². The maximum Gasteiger partial charge on any atom is 0.318 e. The first-order chi connectivity index (χ1) is 8.40. The lowest BCUT2D eigenvalue weighted by Crippen LogP contribution is -2.28. The third-order valence-electron chi connectivity index (χ3n) is 2.26. The van der Waals surface area contributed by atoms with Gasteiger partial charge in [0.25, 0.3) is 0 Å². The van der Waals surface area contributed by atoms with Gasteiger partial charge in [-0.15, -0.1) is 0 Å². The average Bonchev–Trinajstić information content (AvgIpc) is 2.29. The van der Waals surface area contributed by atoms with Gasteiger partial charge in [0.05, 0.1) is 0 Å². The van der Waals surface area contributed by atoms with E-state index in [-0.39, 0.29) is 5.92 Å². The van der Waals surface area contributed by atoms with Gasteiger partial charge in [-0.3, -0.25) is 9.59 Å². The van der Waals surface area contributed by atoms with Crippen molar-refractivity contribution in [3.05, 3.63) is 30.3 Å². The molecule has 0 bridgehead atoms. The molecule has 0 saturated heterocycles. The molecule has 0 saturated carbocycles. The van der Waals surface area contributed by atoms with Crippen LogP contribution in [0.3, 0.4) is 0 Å². The number of hydrogen-bond donors (Lipinski definition) is 3. The summed E-state index contributed by atoms with van der Waals surface area (Å²) in [4.78, 5) is 20.4. The van der Waals surface area contributed by atoms with Gasteiger partial charge in [-0.1, -0.05) is 32.0 Å². The van der Waals surface area contributed by atoms with Crippen LogP contribution in [0.5, 0.6) is 0 Å². The fraction of sp³-hybridized carbons (Fsp3) is 0.385. The largest absolute Gasteiger partial charge is 0.481 e. The van der Waals surface area contributed by atoms with Gasteiger partial charge in [0, 0.05) is 12.7 Å². The highest BCUT2D eigenvalue weighted by molar-refractivity contribution is 5.93. The zero-order valence-electron chi connectivity index (χ0n) is 10.8. The van der Waals surface area contributed by atoms with E-state index in [2.05, 4.69) is 5.32 Å². The van der Waals surface area contributed by atoms with E-state index in [0.717, 1.165) is 5.69 Å². The molecule has 5 nitrogen and oxygen atoms in total. The molecular formula is C13H19NO4. The Balaban J connectivity index is 0.000000327. The number of benzene rings is 1. The summed E-state index contributed by atoms with van der Waals surface area (Å²) in [5, 5.41) is 19.7. The highest BCUT2D eigenvalue weighted by Gasteiger charge is 2.28. The zero-order valence-corrected chi connectivity index (χ0v) is 10.8. The number of nitrogens with one attached hydrogen (secondary N) is 1. The Hall–Kier alpha value is -2.04. The van der Waals surface area contributed by atoms with Crippen LogP contribution in [0.25, 0.3) is 0 Å². The van der Waals surface area contributed by atoms with Crippen molar-refractivity contribution in [2.24, 2.45) is 11.8 Å². The second-order valence-electron chi connectivity index (χ2n) is 4.01. The molecule has 18 heavy (non-hydrogen) atoms. The molecule has 1 aromatic rings. The van der Waals surface area contributed by atoms with E-state index in [1.165, 1.54) is 0 Å². The molecule has 1 rings (SSSR count). The molecule has 0 spiro atoms. The average molecular weight is 253 g/mol. The van der Waals surface area contributed by atoms with Crippen molar-refractivity contribution in [3.8, 4) is 0 Å². The molecule has 3 N–H and O–H groups in total. The monoisotopic (exact) mass is 253 g/mol. The molecule has 100 valence electrons. The first kappa shape index (κ1) is 16.0. The first-order valence-electron chi connectivity index (χ1n) is 5.58. The number of anilines is 1. The van der Waals surface area contributed by atoms with Gasteiger partial charge >= 0.3 is 11.9 Å². The van der Waals surface area contributed by atoms with Crippen LogP contribution in [0.1, 0.15) is 13.8 Å². The zero-order chi connectivity index (χ0) is 14.1. The van der Waals surface area contributed by atoms with Crippen molar-refractivity contribution in [2.45, 2.75) is 13.8 Å². The Morgan fingerprint density at radius 3 is 1.67 bits per heavy atom. The molecule has 0 radical (unpaired) electrons. The van der Waals surface area contributed by atoms with Crippen LogP contribution < -0.4 is 5.32 Å². The van der Waals surface area contributed by atoms with Crippen LogP contribution in [-0.4, -0.2) is 29.2 Å². The Bertz CT molecular complexity index is 362. The molecule has 0 unspecified atom stereocenters. The van der Waals surface area contributed by atoms with Gasteiger partial charge in [-0.2, -0.15) is 0 Å². The van der Waals surface area contributed by atoms with Gasteiger partial charge in [-0.05, 0) is 18.1 Å². The minimum Gasteiger partial charge on any atom is -0.481 e. The summed E-state index contributed by atoms with van der Waals surface area (Å²) in [6.07, 6.45) is 0. The fourth-order valence-corrected chi connectivity index (χ4v) is 1.28. The summed E-state index contributed by atoms with van der Waals surface area (Å²) in [5.74, 6) is -4.19. The van der Waals surface area contributed by atoms with Gasteiger partial charge in [0.2, 0.25) is 0 Å². The summed E-state index contributed by atoms with van der Waals surface area (Å²) in [5.41, 5.74) is 1.16. The lowest BCUT2D eigenvalue weighted by molar-refractivity contribution is -0.156. The Labute approximate surface area is 106 Å². The number of carboxylic acids is 2. The highest BCUT2D eigenvalue weighted by atomic mass is 16.4. The van der Waals surface area contributed by atoms with Gasteiger partial charge in [0.1, 0.15) is 0 Å². The number of rotatable bonds is 4. The highest BCUT2D eigenvalue weighted by Crippen LogP contribution is 2.10. The quantitative estimate of drug-likeness (QED) is 0.716. The Morgan fingerprint density at radius 1 is 1.06 bits per heavy atom. The first-order valence-corrected chi connectivity index (χ1v) is 5.58. The molecule has 0 amide bonds. The smallest absolute Gasteiger partial charge is 0.318 e. The molecule has 0 aliphatic heterocycles. The third-order valence-corrected chi connectivity index (χ3v) is 2.26. The lowest BCUT2D eigenvalue weighted by Gasteiger charge is -2.09. The van der Waals surface area contributed by atoms with Crippen LogP contribution in [0.2, 0.25) is 0 Å². The van der Waals surface area contributed by atoms with Crippen LogP contribution in [0, 0.1) is 11.8 Å². The van der Waals surface area contributed by atoms with E-state index < -0.39 is 17.9 Å². The predicted molar refractivity (Wildman–Crippen MR) is 69.6 cm³/mol. The molecule has 0 aromatic heterocycles. The van der Waals surface area contributed by atoms with E-state index >= 15 is 0 Å². The lowest BCUT2D eigenvalue weighted by atomic mass is 9.97. The molecular weight excluding hydrogens is 234 g/mol. The van der Waals surface area contributed by atoms with E-state index in [1.54, 1.807) is 13.8 Å². The SMILES string of the molecule is CC(C)C(C(=O)O)C(=O)O.CNc1ccccc1. The number of carboxylic acid groups (broad SMARTS) is 2. The minimum atomic E-state index is -1.28. The van der Waals surface area contributed by atoms with E-state index in [9.17, 15) is 9.59 Å². The second-order valence-corrected chi connectivity index (χ2v) is 4.01. The Kier molecular flexibility index (Phi) is 7.19. The molecule has 0 fully saturated rings. The van der Waals surface area contributed by atoms with E-state index in [0.29, 0.717) is 0 Å². The molecule has 0 aliphatic rings. The van der Waals surface area contributed by atoms with E-state index in [1.807, 2.05) is 37.4 Å². The Morgan fingerprint density at radius 2 is 1.50 bits per heavy atom. The number of aliphatic carboxylic acids is 2. The summed E-state index contributed by atoms with van der Waals surface area (Å²) < 4.78 is 0. The molecule has 0 heterocycles. The number of carbonyl (C=O) groups is 2. The van der Waals surface area contributed by atoms with Crippen LogP contribution in [0.15, 0.2) is 30.3 Å². The van der Waals surface area contributed by atoms with Crippen LogP contribution in [-0.2, 0) is 9.59 Å². The molecule has 1 aromatic carbocycles. The second kappa shape index (κ2) is 8.11. The summed E-state index contributed by atoms with van der Waals surface area (Å²) in [6.45, 7) is 3.12. The normalized spacial score (nSPS) is 9.61. The summed E-state index contributed by atoms with van der Waals surface area (Å²) in [6, 6.07) is 10.1. The fourth-order valence-electron chi connectivity index (χ4n) is 1.28. The van der Waals surface area contributed by atoms with Crippen molar-refractivity contribution in [2.75, 3.05) is 12.4 Å². The number of para-hydroxylation sites is 1. The maximum atomic E-state index is 10.2. The van der Waals surface area contributed by atoms with Crippen molar-refractivity contribution in [1.82, 2.24) is 0 Å². The van der Waals surface area contributed by atoms with Gasteiger partial charge in [-0.25, -0.2) is 0 Å². The van der Waals surface area contributed by atoms with Crippen LogP contribution in [0.4, 0.5) is 5.69 Å². The molecule has 0 atom stereocenters. The standard InChI is InChI=1S/C7H9N.C6H10O4/c1-8-7-5-3-2-4-6-7;1-3(2)4(5(7)8)6(9)10/h2-6,8H,1H3;3-4H,1-2H3,(H,7,8)(H,9,10).